The maximum atomic E-state index is 11.1. The van der Waals surface area contributed by atoms with Gasteiger partial charge in [0, 0.05) is 6.04 Å². The van der Waals surface area contributed by atoms with Crippen LogP contribution in [0.1, 0.15) is 58.8 Å². The average Bonchev–Trinajstić information content (AvgIpc) is 2.76. The highest BCUT2D eigenvalue weighted by Crippen LogP contribution is 2.27. The number of carboxylic acid groups (broad SMARTS) is 1. The molecule has 0 spiro atoms. The summed E-state index contributed by atoms with van der Waals surface area (Å²) in [6.45, 7) is 4.23. The van der Waals surface area contributed by atoms with E-state index in [9.17, 15) is 4.79 Å². The zero-order valence-electron chi connectivity index (χ0n) is 10.5. The van der Waals surface area contributed by atoms with Crippen LogP contribution < -0.4 is 5.32 Å². The van der Waals surface area contributed by atoms with Crippen molar-refractivity contribution in [1.82, 2.24) is 5.32 Å². The van der Waals surface area contributed by atoms with Crippen molar-refractivity contribution in [3.05, 3.63) is 0 Å². The van der Waals surface area contributed by atoms with Crippen LogP contribution in [0.25, 0.3) is 0 Å². The molecule has 1 aliphatic rings. The molecule has 3 heteroatoms. The van der Waals surface area contributed by atoms with Crippen LogP contribution in [-0.4, -0.2) is 23.2 Å². The van der Waals surface area contributed by atoms with Crippen molar-refractivity contribution >= 4 is 5.97 Å². The molecular weight excluding hydrogens is 202 g/mol. The molecule has 1 saturated carbocycles. The molecule has 0 aromatic carbocycles. The Balaban J connectivity index is 2.37. The number of unbranched alkanes of at least 4 members (excludes halogenated alkanes) is 1. The Kier molecular flexibility index (Phi) is 5.81. The summed E-state index contributed by atoms with van der Waals surface area (Å²) in [5.74, 6) is -0.0122. The van der Waals surface area contributed by atoms with Crippen LogP contribution in [0.5, 0.6) is 0 Å². The van der Waals surface area contributed by atoms with Gasteiger partial charge in [0.1, 0.15) is 6.04 Å². The standard InChI is InChI=1S/C13H25NO2/c1-3-4-9-12(13(15)16)14-10(2)11-7-5-6-8-11/h10-12,14H,3-9H2,1-2H3,(H,15,16)/t10-,12?/m1/s1. The second-order valence-electron chi connectivity index (χ2n) is 5.03. The normalized spacial score (nSPS) is 20.9. The summed E-state index contributed by atoms with van der Waals surface area (Å²) in [5.41, 5.74) is 0. The van der Waals surface area contributed by atoms with Gasteiger partial charge in [0.15, 0.2) is 0 Å². The van der Waals surface area contributed by atoms with Gasteiger partial charge in [-0.15, -0.1) is 0 Å². The Hall–Kier alpha value is -0.570. The molecule has 1 unspecified atom stereocenters. The highest BCUT2D eigenvalue weighted by molar-refractivity contribution is 5.73. The third-order valence-corrected chi connectivity index (χ3v) is 3.72. The molecular formula is C13H25NO2. The van der Waals surface area contributed by atoms with E-state index in [1.165, 1.54) is 25.7 Å². The second-order valence-corrected chi connectivity index (χ2v) is 5.03. The van der Waals surface area contributed by atoms with E-state index in [1.807, 2.05) is 0 Å². The molecule has 0 amide bonds. The number of carboxylic acids is 1. The lowest BCUT2D eigenvalue weighted by atomic mass is 9.98. The summed E-state index contributed by atoms with van der Waals surface area (Å²) in [5, 5.41) is 12.4. The van der Waals surface area contributed by atoms with Gasteiger partial charge in [0.2, 0.25) is 0 Å². The first-order valence-corrected chi connectivity index (χ1v) is 6.64. The van der Waals surface area contributed by atoms with Gasteiger partial charge in [-0.3, -0.25) is 4.79 Å². The first-order chi connectivity index (χ1) is 7.65. The SMILES string of the molecule is CCCCC(N[C@H](C)C1CCCC1)C(=O)O. The van der Waals surface area contributed by atoms with Crippen molar-refractivity contribution in [3.63, 3.8) is 0 Å². The molecule has 0 saturated heterocycles. The van der Waals surface area contributed by atoms with E-state index in [0.717, 1.165) is 19.3 Å². The monoisotopic (exact) mass is 227 g/mol. The second kappa shape index (κ2) is 6.89. The fraction of sp³-hybridized carbons (Fsp3) is 0.923. The number of hydrogen-bond donors (Lipinski definition) is 2. The van der Waals surface area contributed by atoms with Gasteiger partial charge in [0.05, 0.1) is 0 Å². The minimum absolute atomic E-state index is 0.348. The van der Waals surface area contributed by atoms with E-state index in [-0.39, 0.29) is 6.04 Å². The lowest BCUT2D eigenvalue weighted by molar-refractivity contribution is -0.140. The minimum atomic E-state index is -0.696. The van der Waals surface area contributed by atoms with Crippen LogP contribution >= 0.6 is 0 Å². The lowest BCUT2D eigenvalue weighted by Gasteiger charge is -2.24. The average molecular weight is 227 g/mol. The minimum Gasteiger partial charge on any atom is -0.480 e. The van der Waals surface area contributed by atoms with E-state index < -0.39 is 5.97 Å². The number of carbonyl (C=O) groups is 1. The predicted molar refractivity (Wildman–Crippen MR) is 65.5 cm³/mol. The topological polar surface area (TPSA) is 49.3 Å². The van der Waals surface area contributed by atoms with Crippen molar-refractivity contribution in [2.45, 2.75) is 70.9 Å². The number of hydrogen-bond acceptors (Lipinski definition) is 2. The first-order valence-electron chi connectivity index (χ1n) is 6.64. The van der Waals surface area contributed by atoms with Gasteiger partial charge in [-0.25, -0.2) is 0 Å². The molecule has 0 radical (unpaired) electrons. The fourth-order valence-electron chi connectivity index (χ4n) is 2.60. The van der Waals surface area contributed by atoms with E-state index in [0.29, 0.717) is 12.0 Å². The summed E-state index contributed by atoms with van der Waals surface area (Å²) in [6, 6.07) is -0.00370. The van der Waals surface area contributed by atoms with Crippen molar-refractivity contribution in [1.29, 1.82) is 0 Å². The summed E-state index contributed by atoms with van der Waals surface area (Å²) < 4.78 is 0. The van der Waals surface area contributed by atoms with E-state index >= 15 is 0 Å². The maximum absolute atomic E-state index is 11.1. The molecule has 0 aromatic heterocycles. The maximum Gasteiger partial charge on any atom is 0.320 e. The number of nitrogens with one attached hydrogen (secondary N) is 1. The highest BCUT2D eigenvalue weighted by atomic mass is 16.4. The zero-order valence-corrected chi connectivity index (χ0v) is 10.5. The van der Waals surface area contributed by atoms with Crippen LogP contribution in [0.3, 0.4) is 0 Å². The fourth-order valence-corrected chi connectivity index (χ4v) is 2.60. The molecule has 0 heterocycles. The third-order valence-electron chi connectivity index (χ3n) is 3.72. The summed E-state index contributed by atoms with van der Waals surface area (Å²) in [7, 11) is 0. The zero-order chi connectivity index (χ0) is 12.0. The Morgan fingerprint density at radius 2 is 2.06 bits per heavy atom. The molecule has 0 aromatic rings. The van der Waals surface area contributed by atoms with Crippen molar-refractivity contribution in [3.8, 4) is 0 Å². The van der Waals surface area contributed by atoms with E-state index in [1.54, 1.807) is 0 Å². The Labute approximate surface area is 98.6 Å². The van der Waals surface area contributed by atoms with Gasteiger partial charge in [0.25, 0.3) is 0 Å². The van der Waals surface area contributed by atoms with Crippen molar-refractivity contribution in [2.75, 3.05) is 0 Å². The molecule has 1 aliphatic carbocycles. The van der Waals surface area contributed by atoms with Crippen LogP contribution in [-0.2, 0) is 4.79 Å². The predicted octanol–water partition coefficient (Wildman–Crippen LogP) is 2.80. The molecule has 0 bridgehead atoms. The Morgan fingerprint density at radius 1 is 1.44 bits per heavy atom. The van der Waals surface area contributed by atoms with E-state index in [2.05, 4.69) is 19.2 Å². The van der Waals surface area contributed by atoms with Gasteiger partial charge in [-0.2, -0.15) is 0 Å². The quantitative estimate of drug-likeness (QED) is 0.703. The molecule has 0 aliphatic heterocycles. The molecule has 3 nitrogen and oxygen atoms in total. The number of aliphatic carboxylic acids is 1. The number of rotatable bonds is 7. The van der Waals surface area contributed by atoms with E-state index in [4.69, 9.17) is 5.11 Å². The highest BCUT2D eigenvalue weighted by Gasteiger charge is 2.25. The third kappa shape index (κ3) is 4.12. The van der Waals surface area contributed by atoms with Crippen LogP contribution in [0.2, 0.25) is 0 Å². The molecule has 2 N–H and O–H groups in total. The Bertz CT molecular complexity index is 212. The summed E-state index contributed by atoms with van der Waals surface area (Å²) in [6.07, 6.45) is 7.93. The van der Waals surface area contributed by atoms with Crippen LogP contribution in [0.4, 0.5) is 0 Å². The van der Waals surface area contributed by atoms with Gasteiger partial charge < -0.3 is 10.4 Å². The summed E-state index contributed by atoms with van der Waals surface area (Å²) >= 11 is 0. The van der Waals surface area contributed by atoms with Crippen molar-refractivity contribution in [2.24, 2.45) is 5.92 Å². The first kappa shape index (κ1) is 13.5. The molecule has 2 atom stereocenters. The lowest BCUT2D eigenvalue weighted by Crippen LogP contribution is -2.44. The summed E-state index contributed by atoms with van der Waals surface area (Å²) in [4.78, 5) is 11.1. The molecule has 1 fully saturated rings. The van der Waals surface area contributed by atoms with Crippen LogP contribution in [0.15, 0.2) is 0 Å². The van der Waals surface area contributed by atoms with Crippen molar-refractivity contribution < 1.29 is 9.90 Å². The van der Waals surface area contributed by atoms with Crippen LogP contribution in [0, 0.1) is 5.92 Å². The van der Waals surface area contributed by atoms with Gasteiger partial charge in [-0.05, 0) is 32.1 Å². The molecule has 94 valence electrons. The van der Waals surface area contributed by atoms with Gasteiger partial charge in [-0.1, -0.05) is 32.6 Å². The molecule has 16 heavy (non-hydrogen) atoms. The Morgan fingerprint density at radius 3 is 2.56 bits per heavy atom. The van der Waals surface area contributed by atoms with Gasteiger partial charge >= 0.3 is 5.97 Å². The largest absolute Gasteiger partial charge is 0.480 e. The smallest absolute Gasteiger partial charge is 0.320 e. The molecule has 1 rings (SSSR count).